The first-order valence-electron chi connectivity index (χ1n) is 6.68. The highest BCUT2D eigenvalue weighted by molar-refractivity contribution is 7.99. The number of benzene rings is 1. The minimum absolute atomic E-state index is 0.00533. The number of thioether (sulfide) groups is 1. The molecule has 0 saturated carbocycles. The number of hydrogen-bond donors (Lipinski definition) is 0. The van der Waals surface area contributed by atoms with E-state index in [1.165, 1.54) is 7.11 Å². The van der Waals surface area contributed by atoms with Crippen molar-refractivity contribution in [1.82, 2.24) is 0 Å². The number of esters is 1. The molecule has 0 bridgehead atoms. The van der Waals surface area contributed by atoms with Crippen LogP contribution in [0.4, 0.5) is 0 Å². The van der Waals surface area contributed by atoms with Gasteiger partial charge in [-0.05, 0) is 12.1 Å². The van der Waals surface area contributed by atoms with E-state index in [1.54, 1.807) is 18.9 Å². The molecular weight excluding hydrogens is 276 g/mol. The second-order valence-electron chi connectivity index (χ2n) is 4.73. The van der Waals surface area contributed by atoms with Gasteiger partial charge < -0.3 is 14.2 Å². The van der Waals surface area contributed by atoms with Crippen molar-refractivity contribution in [2.24, 2.45) is 0 Å². The summed E-state index contributed by atoms with van der Waals surface area (Å²) >= 11 is 1.67. The molecule has 0 radical (unpaired) electrons. The van der Waals surface area contributed by atoms with Gasteiger partial charge in [0.15, 0.2) is 0 Å². The molecule has 0 amide bonds. The summed E-state index contributed by atoms with van der Waals surface area (Å²) in [7, 11) is 3.10. The van der Waals surface area contributed by atoms with Crippen LogP contribution in [0.3, 0.4) is 0 Å². The van der Waals surface area contributed by atoms with Gasteiger partial charge in [-0.2, -0.15) is 0 Å². The van der Waals surface area contributed by atoms with Crippen LogP contribution in [0.15, 0.2) is 35.2 Å². The Bertz CT molecular complexity index is 423. The Hall–Kier alpha value is -1.04. The lowest BCUT2D eigenvalue weighted by molar-refractivity contribution is -0.147. The van der Waals surface area contributed by atoms with Crippen molar-refractivity contribution in [3.63, 3.8) is 0 Å². The number of carbonyl (C=O) groups excluding carboxylic acids is 1. The Balaban J connectivity index is 1.96. The van der Waals surface area contributed by atoms with Gasteiger partial charge in [-0.1, -0.05) is 30.0 Å². The van der Waals surface area contributed by atoms with Gasteiger partial charge in [0, 0.05) is 24.8 Å². The molecule has 1 aliphatic rings. The van der Waals surface area contributed by atoms with Crippen LogP contribution >= 0.6 is 11.8 Å². The molecule has 1 aromatic rings. The lowest BCUT2D eigenvalue weighted by atomic mass is 10.0. The number of methoxy groups -OCH3 is 2. The average molecular weight is 296 g/mol. The molecule has 4 nitrogen and oxygen atoms in total. The largest absolute Gasteiger partial charge is 0.469 e. The highest BCUT2D eigenvalue weighted by atomic mass is 32.2. The van der Waals surface area contributed by atoms with Crippen LogP contribution in [0.5, 0.6) is 0 Å². The maximum Gasteiger partial charge on any atom is 0.308 e. The minimum atomic E-state index is -0.241. The third-order valence-corrected chi connectivity index (χ3v) is 4.40. The molecule has 1 saturated heterocycles. The van der Waals surface area contributed by atoms with Gasteiger partial charge in [0.05, 0.1) is 25.7 Å². The zero-order valence-electron chi connectivity index (χ0n) is 11.8. The Morgan fingerprint density at radius 2 is 2.05 bits per heavy atom. The monoisotopic (exact) mass is 296 g/mol. The van der Waals surface area contributed by atoms with Crippen LogP contribution in [0.1, 0.15) is 19.3 Å². The van der Waals surface area contributed by atoms with Crippen LogP contribution in [0.2, 0.25) is 0 Å². The molecule has 110 valence electrons. The molecular formula is C15H20O4S. The molecule has 1 heterocycles. The summed E-state index contributed by atoms with van der Waals surface area (Å²) in [5, 5.41) is 0. The van der Waals surface area contributed by atoms with E-state index in [0.717, 1.165) is 17.7 Å². The summed E-state index contributed by atoms with van der Waals surface area (Å²) in [6.07, 6.45) is 1.83. The van der Waals surface area contributed by atoms with E-state index in [9.17, 15) is 4.79 Å². The maximum absolute atomic E-state index is 11.4. The van der Waals surface area contributed by atoms with Gasteiger partial charge in [0.1, 0.15) is 5.44 Å². The lowest BCUT2D eigenvalue weighted by Crippen LogP contribution is -2.36. The van der Waals surface area contributed by atoms with E-state index < -0.39 is 0 Å². The van der Waals surface area contributed by atoms with E-state index in [-0.39, 0.29) is 30.0 Å². The summed E-state index contributed by atoms with van der Waals surface area (Å²) in [4.78, 5) is 12.5. The molecule has 0 spiro atoms. The van der Waals surface area contributed by atoms with Crippen molar-refractivity contribution in [3.8, 4) is 0 Å². The predicted octanol–water partition coefficient (Wildman–Crippen LogP) is 2.86. The molecule has 20 heavy (non-hydrogen) atoms. The van der Waals surface area contributed by atoms with Crippen molar-refractivity contribution in [2.45, 2.75) is 41.8 Å². The molecule has 1 aromatic carbocycles. The third-order valence-electron chi connectivity index (χ3n) is 3.29. The average Bonchev–Trinajstić information content (AvgIpc) is 2.47. The fraction of sp³-hybridized carbons (Fsp3) is 0.533. The highest BCUT2D eigenvalue weighted by Crippen LogP contribution is 2.34. The van der Waals surface area contributed by atoms with Crippen molar-refractivity contribution < 1.29 is 19.0 Å². The van der Waals surface area contributed by atoms with Crippen LogP contribution in [0, 0.1) is 0 Å². The van der Waals surface area contributed by atoms with Crippen molar-refractivity contribution >= 4 is 17.7 Å². The molecule has 0 aliphatic carbocycles. The van der Waals surface area contributed by atoms with Crippen molar-refractivity contribution in [1.29, 1.82) is 0 Å². The molecule has 1 fully saturated rings. The normalized spacial score (nSPS) is 26.2. The quantitative estimate of drug-likeness (QED) is 0.782. The van der Waals surface area contributed by atoms with Gasteiger partial charge in [0.2, 0.25) is 0 Å². The Morgan fingerprint density at radius 3 is 2.70 bits per heavy atom. The second kappa shape index (κ2) is 7.67. The standard InChI is InChI=1S/C15H20O4S/c1-17-11-8-12(9-14(16)18-2)19-15(10-11)20-13-6-4-3-5-7-13/h3-7,11-12,15H,8-10H2,1-2H3/t11-,12-,15+/m0/s1. The van der Waals surface area contributed by atoms with Crippen LogP contribution in [-0.2, 0) is 19.0 Å². The van der Waals surface area contributed by atoms with Crippen molar-refractivity contribution in [2.75, 3.05) is 14.2 Å². The zero-order chi connectivity index (χ0) is 14.4. The predicted molar refractivity (Wildman–Crippen MR) is 77.6 cm³/mol. The summed E-state index contributed by atoms with van der Waals surface area (Å²) in [5.74, 6) is -0.241. The second-order valence-corrected chi connectivity index (χ2v) is 5.96. The highest BCUT2D eigenvalue weighted by Gasteiger charge is 2.31. The summed E-state index contributed by atoms with van der Waals surface area (Å²) in [6.45, 7) is 0. The smallest absolute Gasteiger partial charge is 0.308 e. The van der Waals surface area contributed by atoms with Gasteiger partial charge in [-0.15, -0.1) is 0 Å². The molecule has 1 aliphatic heterocycles. The Kier molecular flexibility index (Phi) is 5.88. The van der Waals surface area contributed by atoms with E-state index >= 15 is 0 Å². The first kappa shape index (κ1) is 15.4. The first-order chi connectivity index (χ1) is 9.71. The van der Waals surface area contributed by atoms with E-state index in [0.29, 0.717) is 0 Å². The number of carbonyl (C=O) groups is 1. The molecule has 3 atom stereocenters. The van der Waals surface area contributed by atoms with E-state index in [4.69, 9.17) is 14.2 Å². The van der Waals surface area contributed by atoms with Gasteiger partial charge in [0.25, 0.3) is 0 Å². The Labute approximate surface area is 123 Å². The summed E-state index contributed by atoms with van der Waals surface area (Å²) in [6, 6.07) is 10.1. The van der Waals surface area contributed by atoms with E-state index in [2.05, 4.69) is 12.1 Å². The summed E-state index contributed by atoms with van der Waals surface area (Å²) in [5.41, 5.74) is 0.00533. The summed E-state index contributed by atoms with van der Waals surface area (Å²) < 4.78 is 16.1. The van der Waals surface area contributed by atoms with E-state index in [1.807, 2.05) is 18.2 Å². The van der Waals surface area contributed by atoms with Gasteiger partial charge in [-0.25, -0.2) is 0 Å². The fourth-order valence-corrected chi connectivity index (χ4v) is 3.39. The molecule has 2 rings (SSSR count). The minimum Gasteiger partial charge on any atom is -0.469 e. The first-order valence-corrected chi connectivity index (χ1v) is 7.56. The fourth-order valence-electron chi connectivity index (χ4n) is 2.25. The topological polar surface area (TPSA) is 44.8 Å². The number of rotatable bonds is 5. The van der Waals surface area contributed by atoms with Crippen LogP contribution in [0.25, 0.3) is 0 Å². The molecule has 0 aromatic heterocycles. The third kappa shape index (κ3) is 4.51. The molecule has 5 heteroatoms. The van der Waals surface area contributed by atoms with Gasteiger partial charge in [-0.3, -0.25) is 4.79 Å². The number of ether oxygens (including phenoxy) is 3. The maximum atomic E-state index is 11.4. The molecule has 0 N–H and O–H groups in total. The molecule has 0 unspecified atom stereocenters. The Morgan fingerprint density at radius 1 is 1.30 bits per heavy atom. The zero-order valence-corrected chi connectivity index (χ0v) is 12.6. The SMILES string of the molecule is COC(=O)C[C@@H]1C[C@H](OC)C[C@@H](Sc2ccccc2)O1. The van der Waals surface area contributed by atoms with Crippen LogP contribution < -0.4 is 0 Å². The van der Waals surface area contributed by atoms with Crippen LogP contribution in [-0.4, -0.2) is 37.8 Å². The number of hydrogen-bond acceptors (Lipinski definition) is 5. The van der Waals surface area contributed by atoms with Crippen molar-refractivity contribution in [3.05, 3.63) is 30.3 Å². The lowest BCUT2D eigenvalue weighted by Gasteiger charge is -2.34. The van der Waals surface area contributed by atoms with Gasteiger partial charge >= 0.3 is 5.97 Å².